The number of nitrogens with zero attached hydrogens (tertiary/aromatic N) is 6. The van der Waals surface area contributed by atoms with E-state index in [1.54, 1.807) is 30.3 Å². The number of carbonyl (C=O) groups is 2. The largest absolute Gasteiger partial charge is 0.465 e. The molecule has 3 aromatic heterocycles. The second-order valence-corrected chi connectivity index (χ2v) is 15.1. The lowest BCUT2D eigenvalue weighted by molar-refractivity contribution is 0.0593. The smallest absolute Gasteiger partial charge is 0.439 e. The van der Waals surface area contributed by atoms with Gasteiger partial charge in [0.15, 0.2) is 11.7 Å². The SMILES string of the molecule is CCOc1nc2cccc(C(=O)OC)c2n1Cc1ccc(-c2ccccc2-c2noc(=O)[nH]2)cc1.CCOc1nc2cccc(C(=O)OC)c2n1Cc1ccc(-c2ccccc2/C(N)=N/O)cc1. The van der Waals surface area contributed by atoms with E-state index in [0.717, 1.165) is 38.9 Å². The molecule has 0 saturated heterocycles. The second-order valence-electron chi connectivity index (χ2n) is 15.1. The molecule has 4 N–H and O–H groups in total. The quantitative estimate of drug-likeness (QED) is 0.0307. The van der Waals surface area contributed by atoms with E-state index in [-0.39, 0.29) is 5.84 Å². The molecule has 6 aromatic carbocycles. The van der Waals surface area contributed by atoms with Gasteiger partial charge in [-0.1, -0.05) is 120 Å². The minimum absolute atomic E-state index is 0.0521. The highest BCUT2D eigenvalue weighted by atomic mass is 16.5. The molecular weight excluding hydrogens is 869 g/mol. The van der Waals surface area contributed by atoms with Crippen LogP contribution in [0.1, 0.15) is 51.3 Å². The van der Waals surface area contributed by atoms with Crippen LogP contribution in [0.5, 0.6) is 12.0 Å². The lowest BCUT2D eigenvalue weighted by Gasteiger charge is -2.12. The number of imidazole rings is 2. The highest BCUT2D eigenvalue weighted by molar-refractivity contribution is 6.04. The Balaban J connectivity index is 0.000000184. The Bertz CT molecular complexity index is 3330. The zero-order valence-electron chi connectivity index (χ0n) is 37.5. The molecule has 17 nitrogen and oxygen atoms in total. The molecule has 0 aliphatic carbocycles. The Morgan fingerprint density at radius 3 is 1.54 bits per heavy atom. The minimum Gasteiger partial charge on any atom is -0.465 e. The van der Waals surface area contributed by atoms with Crippen molar-refractivity contribution < 1.29 is 38.3 Å². The van der Waals surface area contributed by atoms with Gasteiger partial charge in [0.25, 0.3) is 12.0 Å². The Morgan fingerprint density at radius 2 is 1.09 bits per heavy atom. The Morgan fingerprint density at radius 1 is 0.632 bits per heavy atom. The predicted molar refractivity (Wildman–Crippen MR) is 255 cm³/mol. The summed E-state index contributed by atoms with van der Waals surface area (Å²) < 4.78 is 29.9. The number of aromatic amines is 1. The van der Waals surface area contributed by atoms with Gasteiger partial charge in [-0.2, -0.15) is 9.97 Å². The van der Waals surface area contributed by atoms with Crippen LogP contribution >= 0.6 is 0 Å². The first-order valence-corrected chi connectivity index (χ1v) is 21.5. The van der Waals surface area contributed by atoms with E-state index in [0.29, 0.717) is 82.9 Å². The van der Waals surface area contributed by atoms with Crippen LogP contribution in [-0.2, 0) is 22.6 Å². The lowest BCUT2D eigenvalue weighted by Crippen LogP contribution is -2.14. The highest BCUT2D eigenvalue weighted by Gasteiger charge is 2.22. The highest BCUT2D eigenvalue weighted by Crippen LogP contribution is 2.32. The third-order valence-corrected chi connectivity index (χ3v) is 11.0. The molecule has 3 heterocycles. The number of nitrogens with two attached hydrogens (primary N) is 1. The van der Waals surface area contributed by atoms with Gasteiger partial charge in [0, 0.05) is 11.1 Å². The van der Waals surface area contributed by atoms with Crippen LogP contribution in [0.3, 0.4) is 0 Å². The van der Waals surface area contributed by atoms with Crippen molar-refractivity contribution in [1.82, 2.24) is 29.2 Å². The molecule has 0 spiro atoms. The number of H-pyrrole nitrogens is 1. The number of para-hydroxylation sites is 2. The number of ether oxygens (including phenoxy) is 4. The van der Waals surface area contributed by atoms with Gasteiger partial charge in [-0.25, -0.2) is 14.4 Å². The van der Waals surface area contributed by atoms with E-state index >= 15 is 0 Å². The van der Waals surface area contributed by atoms with Crippen molar-refractivity contribution in [1.29, 1.82) is 0 Å². The zero-order valence-corrected chi connectivity index (χ0v) is 37.5. The second kappa shape index (κ2) is 20.5. The number of hydrogen-bond donors (Lipinski definition) is 3. The Kier molecular flexibility index (Phi) is 13.7. The zero-order chi connectivity index (χ0) is 47.7. The summed E-state index contributed by atoms with van der Waals surface area (Å²) >= 11 is 0. The summed E-state index contributed by atoms with van der Waals surface area (Å²) in [4.78, 5) is 48.0. The summed E-state index contributed by atoms with van der Waals surface area (Å²) in [6.45, 7) is 5.55. The molecule has 0 saturated carbocycles. The fourth-order valence-corrected chi connectivity index (χ4v) is 7.89. The van der Waals surface area contributed by atoms with Crippen LogP contribution in [0, 0.1) is 0 Å². The van der Waals surface area contributed by atoms with Crippen molar-refractivity contribution in [3.63, 3.8) is 0 Å². The molecule has 0 aliphatic heterocycles. The van der Waals surface area contributed by atoms with Crippen LogP contribution in [0.2, 0.25) is 0 Å². The molecule has 9 rings (SSSR count). The Labute approximate surface area is 389 Å². The van der Waals surface area contributed by atoms with Crippen LogP contribution in [0.15, 0.2) is 148 Å². The van der Waals surface area contributed by atoms with Crippen molar-refractivity contribution in [2.75, 3.05) is 27.4 Å². The topological polar surface area (TPSA) is 224 Å². The number of methoxy groups -OCH3 is 2. The fourth-order valence-electron chi connectivity index (χ4n) is 7.89. The van der Waals surface area contributed by atoms with Gasteiger partial charge in [0.2, 0.25) is 0 Å². The van der Waals surface area contributed by atoms with E-state index in [1.807, 2.05) is 126 Å². The Hall–Kier alpha value is -8.99. The van der Waals surface area contributed by atoms with E-state index in [1.165, 1.54) is 14.2 Å². The van der Waals surface area contributed by atoms with Gasteiger partial charge < -0.3 is 29.9 Å². The minimum atomic E-state index is -0.603. The average Bonchev–Trinajstić information content (AvgIpc) is 4.08. The first kappa shape index (κ1) is 45.6. The van der Waals surface area contributed by atoms with E-state index < -0.39 is 17.7 Å². The molecule has 0 unspecified atom stereocenters. The van der Waals surface area contributed by atoms with E-state index in [4.69, 9.17) is 29.9 Å². The molecule has 0 atom stereocenters. The summed E-state index contributed by atoms with van der Waals surface area (Å²) in [6.07, 6.45) is 0. The van der Waals surface area contributed by atoms with Crippen molar-refractivity contribution in [2.24, 2.45) is 10.9 Å². The fraction of sp³-hybridized carbons (Fsp3) is 0.157. The van der Waals surface area contributed by atoms with Crippen LogP contribution < -0.4 is 21.0 Å². The van der Waals surface area contributed by atoms with Crippen molar-refractivity contribution in [3.8, 4) is 45.7 Å². The molecular formula is C51H46N8O9. The molecule has 344 valence electrons. The molecule has 0 bridgehead atoms. The van der Waals surface area contributed by atoms with Gasteiger partial charge >= 0.3 is 17.7 Å². The average molecular weight is 915 g/mol. The van der Waals surface area contributed by atoms with Gasteiger partial charge in [-0.3, -0.25) is 18.6 Å². The number of carbonyl (C=O) groups excluding carboxylic acids is 2. The monoisotopic (exact) mass is 914 g/mol. The standard InChI is InChI=1S/C26H22N4O5.C25H24N4O4/c1-3-34-25-27-21-10-6-9-20(24(31)33-2)22(21)30(25)15-16-11-13-17(14-12-16)18-7-4-5-8-19(18)23-28-26(32)35-29-23;1-3-33-25-27-21-10-6-9-20(24(30)32-2)22(21)29(25)15-16-11-13-17(14-12-16)18-7-4-5-8-19(18)23(26)28-31/h4-14H,3,15H2,1-2H3,(H,28,29,32);4-14,31H,3,15H2,1-2H3,(H2,26,28). The first-order valence-electron chi connectivity index (χ1n) is 21.5. The van der Waals surface area contributed by atoms with E-state index in [9.17, 15) is 14.4 Å². The van der Waals surface area contributed by atoms with Gasteiger partial charge in [-0.05, 0) is 71.5 Å². The van der Waals surface area contributed by atoms with Gasteiger partial charge in [0.1, 0.15) is 0 Å². The third-order valence-electron chi connectivity index (χ3n) is 11.0. The maximum atomic E-state index is 12.4. The number of hydrogen-bond acceptors (Lipinski definition) is 13. The van der Waals surface area contributed by atoms with Crippen LogP contribution in [0.4, 0.5) is 0 Å². The summed E-state index contributed by atoms with van der Waals surface area (Å²) in [7, 11) is 2.72. The number of rotatable bonds is 14. The van der Waals surface area contributed by atoms with E-state index in [2.05, 4.69) is 29.8 Å². The maximum Gasteiger partial charge on any atom is 0.439 e. The predicted octanol–water partition coefficient (Wildman–Crippen LogP) is 8.31. The number of fused-ring (bicyclic) bond motifs is 2. The molecule has 0 aliphatic rings. The molecule has 0 fully saturated rings. The van der Waals surface area contributed by atoms with Crippen LogP contribution in [0.25, 0.3) is 55.7 Å². The molecule has 17 heteroatoms. The van der Waals surface area contributed by atoms with Gasteiger partial charge in [-0.15, -0.1) is 0 Å². The number of oxime groups is 1. The maximum absolute atomic E-state index is 12.4. The number of amidine groups is 1. The lowest BCUT2D eigenvalue weighted by atomic mass is 9.98. The summed E-state index contributed by atoms with van der Waals surface area (Å²) in [5.41, 5.74) is 16.3. The number of nitrogens with one attached hydrogen (secondary N) is 1. The normalized spacial score (nSPS) is 11.3. The summed E-state index contributed by atoms with van der Waals surface area (Å²) in [5.74, 6) is -1.04. The molecule has 9 aromatic rings. The first-order chi connectivity index (χ1) is 33.2. The van der Waals surface area contributed by atoms with Crippen molar-refractivity contribution >= 4 is 39.8 Å². The van der Waals surface area contributed by atoms with Crippen molar-refractivity contribution in [2.45, 2.75) is 26.9 Å². The third kappa shape index (κ3) is 9.39. The number of esters is 2. The van der Waals surface area contributed by atoms with Crippen LogP contribution in [-0.4, -0.2) is 79.7 Å². The van der Waals surface area contributed by atoms with Crippen molar-refractivity contribution in [3.05, 3.63) is 172 Å². The molecule has 0 radical (unpaired) electrons. The summed E-state index contributed by atoms with van der Waals surface area (Å²) in [5, 5.41) is 16.0. The van der Waals surface area contributed by atoms with Gasteiger partial charge in [0.05, 0.1) is 73.7 Å². The number of aromatic nitrogens is 6. The summed E-state index contributed by atoms with van der Waals surface area (Å²) in [6, 6.07) is 42.5. The molecule has 0 amide bonds. The molecule has 68 heavy (non-hydrogen) atoms. The number of benzene rings is 6.